The molecule has 0 bridgehead atoms. The van der Waals surface area contributed by atoms with Crippen molar-refractivity contribution in [2.24, 2.45) is 5.92 Å². The zero-order valence-electron chi connectivity index (χ0n) is 9.24. The first-order valence-corrected chi connectivity index (χ1v) is 4.96. The van der Waals surface area contributed by atoms with Gasteiger partial charge >= 0.3 is 17.9 Å². The Bertz CT molecular complexity index is 476. The maximum absolute atomic E-state index is 11.0. The molecule has 0 aliphatic heterocycles. The Labute approximate surface area is 102 Å². The topological polar surface area (TPSA) is 112 Å². The summed E-state index contributed by atoms with van der Waals surface area (Å²) >= 11 is 0. The Morgan fingerprint density at radius 2 is 1.44 bits per heavy atom. The van der Waals surface area contributed by atoms with Gasteiger partial charge in [-0.2, -0.15) is 0 Å². The second kappa shape index (κ2) is 5.31. The molecule has 3 N–H and O–H groups in total. The van der Waals surface area contributed by atoms with Crippen molar-refractivity contribution < 1.29 is 29.7 Å². The summed E-state index contributed by atoms with van der Waals surface area (Å²) in [5, 5.41) is 26.5. The highest BCUT2D eigenvalue weighted by Crippen LogP contribution is 2.25. The first-order valence-electron chi connectivity index (χ1n) is 4.96. The molecule has 1 rings (SSSR count). The van der Waals surface area contributed by atoms with Crippen molar-refractivity contribution in [3.63, 3.8) is 0 Å². The van der Waals surface area contributed by atoms with Crippen molar-refractivity contribution in [1.82, 2.24) is 0 Å². The molecule has 2 atom stereocenters. The van der Waals surface area contributed by atoms with E-state index >= 15 is 0 Å². The lowest BCUT2D eigenvalue weighted by Crippen LogP contribution is -2.26. The van der Waals surface area contributed by atoms with Crippen molar-refractivity contribution in [2.75, 3.05) is 0 Å². The standard InChI is InChI=1S/C12H11O6/c1-6(10(13)14)9(12(17)18)7-2-4-8(5-3-7)11(15)16/h2-6,9H,1H2,(H,13,14)(H,15,16)(H,17,18). The van der Waals surface area contributed by atoms with Gasteiger partial charge in [0.1, 0.15) is 0 Å². The highest BCUT2D eigenvalue weighted by atomic mass is 16.4. The minimum absolute atomic E-state index is 0.00109. The van der Waals surface area contributed by atoms with Gasteiger partial charge in [0.15, 0.2) is 0 Å². The number of carboxylic acids is 3. The molecule has 1 aromatic carbocycles. The molecule has 0 saturated heterocycles. The van der Waals surface area contributed by atoms with Gasteiger partial charge in [0, 0.05) is 0 Å². The third kappa shape index (κ3) is 2.85. The third-order valence-electron chi connectivity index (χ3n) is 2.50. The molecule has 0 aliphatic carbocycles. The molecule has 0 spiro atoms. The Morgan fingerprint density at radius 3 is 1.78 bits per heavy atom. The van der Waals surface area contributed by atoms with Crippen LogP contribution in [0.15, 0.2) is 24.3 Å². The summed E-state index contributed by atoms with van der Waals surface area (Å²) in [5.41, 5.74) is 0.203. The third-order valence-corrected chi connectivity index (χ3v) is 2.50. The highest BCUT2D eigenvalue weighted by Gasteiger charge is 2.31. The minimum atomic E-state index is -1.35. The summed E-state index contributed by atoms with van der Waals surface area (Å²) in [6, 6.07) is 5.01. The summed E-state index contributed by atoms with van der Waals surface area (Å²) in [5.74, 6) is -6.45. The molecule has 0 amide bonds. The number of aliphatic carboxylic acids is 2. The van der Waals surface area contributed by atoms with E-state index in [0.717, 1.165) is 0 Å². The van der Waals surface area contributed by atoms with Gasteiger partial charge in [0.05, 0.1) is 17.4 Å². The number of hydrogen-bond acceptors (Lipinski definition) is 3. The van der Waals surface area contributed by atoms with Crippen LogP contribution >= 0.6 is 0 Å². The van der Waals surface area contributed by atoms with E-state index in [1.165, 1.54) is 24.3 Å². The van der Waals surface area contributed by atoms with E-state index in [1.54, 1.807) is 0 Å². The van der Waals surface area contributed by atoms with Gasteiger partial charge in [-0.15, -0.1) is 0 Å². The van der Waals surface area contributed by atoms with E-state index in [9.17, 15) is 14.4 Å². The van der Waals surface area contributed by atoms with Crippen LogP contribution in [0, 0.1) is 12.8 Å². The number of rotatable bonds is 5. The quantitative estimate of drug-likeness (QED) is 0.722. The number of hydrogen-bond donors (Lipinski definition) is 3. The number of benzene rings is 1. The van der Waals surface area contributed by atoms with E-state index < -0.39 is 29.7 Å². The van der Waals surface area contributed by atoms with Gasteiger partial charge in [0.25, 0.3) is 0 Å². The summed E-state index contributed by atoms with van der Waals surface area (Å²) in [6.07, 6.45) is 0. The zero-order chi connectivity index (χ0) is 13.9. The van der Waals surface area contributed by atoms with Gasteiger partial charge in [-0.1, -0.05) is 12.1 Å². The molecule has 1 radical (unpaired) electrons. The fourth-order valence-corrected chi connectivity index (χ4v) is 1.52. The molecule has 0 aliphatic rings. The normalized spacial score (nSPS) is 13.6. The first kappa shape index (κ1) is 13.7. The summed E-state index contributed by atoms with van der Waals surface area (Å²) in [7, 11) is 0. The Kier molecular flexibility index (Phi) is 4.04. The van der Waals surface area contributed by atoms with Crippen LogP contribution in [0.5, 0.6) is 0 Å². The van der Waals surface area contributed by atoms with Crippen LogP contribution in [0.1, 0.15) is 21.8 Å². The van der Waals surface area contributed by atoms with Gasteiger partial charge in [-0.25, -0.2) is 4.79 Å². The lowest BCUT2D eigenvalue weighted by Gasteiger charge is -2.16. The van der Waals surface area contributed by atoms with Gasteiger partial charge < -0.3 is 15.3 Å². The second-order valence-electron chi connectivity index (χ2n) is 3.69. The van der Waals surface area contributed by atoms with Gasteiger partial charge in [-0.05, 0) is 24.6 Å². The molecule has 18 heavy (non-hydrogen) atoms. The number of carbonyl (C=O) groups is 3. The summed E-state index contributed by atoms with van der Waals surface area (Å²) in [4.78, 5) is 32.5. The molecule has 6 heteroatoms. The van der Waals surface area contributed by atoms with Crippen LogP contribution in [-0.4, -0.2) is 33.2 Å². The maximum Gasteiger partial charge on any atom is 0.335 e. The average molecular weight is 251 g/mol. The second-order valence-corrected chi connectivity index (χ2v) is 3.69. The summed E-state index contributed by atoms with van der Waals surface area (Å²) < 4.78 is 0. The molecule has 2 unspecified atom stereocenters. The highest BCUT2D eigenvalue weighted by molar-refractivity contribution is 5.88. The van der Waals surface area contributed by atoms with Gasteiger partial charge in [-0.3, -0.25) is 9.59 Å². The Balaban J connectivity index is 3.11. The monoisotopic (exact) mass is 251 g/mol. The average Bonchev–Trinajstić information content (AvgIpc) is 2.29. The lowest BCUT2D eigenvalue weighted by molar-refractivity contribution is -0.148. The van der Waals surface area contributed by atoms with Crippen molar-refractivity contribution >= 4 is 17.9 Å². The fraction of sp³-hybridized carbons (Fsp3) is 0.167. The molecule has 0 heterocycles. The van der Waals surface area contributed by atoms with E-state index in [2.05, 4.69) is 6.92 Å². The summed E-state index contributed by atoms with van der Waals surface area (Å²) in [6.45, 7) is 3.30. The van der Waals surface area contributed by atoms with Crippen LogP contribution in [-0.2, 0) is 9.59 Å². The van der Waals surface area contributed by atoms with Crippen LogP contribution < -0.4 is 0 Å². The minimum Gasteiger partial charge on any atom is -0.481 e. The van der Waals surface area contributed by atoms with Gasteiger partial charge in [0.2, 0.25) is 0 Å². The molecule has 0 aromatic heterocycles. The number of carboxylic acid groups (broad SMARTS) is 3. The lowest BCUT2D eigenvalue weighted by atomic mass is 9.87. The fourth-order valence-electron chi connectivity index (χ4n) is 1.52. The van der Waals surface area contributed by atoms with Crippen molar-refractivity contribution in [1.29, 1.82) is 0 Å². The largest absolute Gasteiger partial charge is 0.481 e. The van der Waals surface area contributed by atoms with Crippen molar-refractivity contribution in [3.05, 3.63) is 42.3 Å². The first-order chi connectivity index (χ1) is 8.34. The molecule has 95 valence electrons. The molecular formula is C12H11O6. The van der Waals surface area contributed by atoms with Crippen LogP contribution in [0.4, 0.5) is 0 Å². The predicted octanol–water partition coefficient (Wildman–Crippen LogP) is 1.09. The van der Waals surface area contributed by atoms with E-state index in [-0.39, 0.29) is 11.1 Å². The zero-order valence-corrected chi connectivity index (χ0v) is 9.24. The number of aromatic carboxylic acids is 1. The SMILES string of the molecule is [CH2]C(C(=O)O)C(C(=O)O)c1ccc(C(=O)O)cc1. The van der Waals surface area contributed by atoms with Crippen molar-refractivity contribution in [2.45, 2.75) is 5.92 Å². The predicted molar refractivity (Wildman–Crippen MR) is 60.3 cm³/mol. The van der Waals surface area contributed by atoms with Crippen molar-refractivity contribution in [3.8, 4) is 0 Å². The van der Waals surface area contributed by atoms with E-state index in [0.29, 0.717) is 0 Å². The molecule has 1 aromatic rings. The molecule has 0 saturated carbocycles. The molecular weight excluding hydrogens is 240 g/mol. The molecule has 6 nitrogen and oxygen atoms in total. The maximum atomic E-state index is 11.0. The van der Waals surface area contributed by atoms with E-state index in [1.807, 2.05) is 0 Å². The Hall–Kier alpha value is -2.37. The molecule has 0 fully saturated rings. The van der Waals surface area contributed by atoms with Crippen LogP contribution in [0.25, 0.3) is 0 Å². The Morgan fingerprint density at radius 1 is 0.944 bits per heavy atom. The van der Waals surface area contributed by atoms with E-state index in [4.69, 9.17) is 15.3 Å². The van der Waals surface area contributed by atoms with Crippen LogP contribution in [0.2, 0.25) is 0 Å². The van der Waals surface area contributed by atoms with Crippen LogP contribution in [0.3, 0.4) is 0 Å². The smallest absolute Gasteiger partial charge is 0.335 e.